The van der Waals surface area contributed by atoms with Gasteiger partial charge in [0.25, 0.3) is 0 Å². The lowest BCUT2D eigenvalue weighted by molar-refractivity contribution is -0.124. The second kappa shape index (κ2) is 5.02. The SMILES string of the molecule is CCC1(C(=O)Nc2cccc(F)c2F)CCNC1. The Morgan fingerprint density at radius 3 is 2.89 bits per heavy atom. The van der Waals surface area contributed by atoms with Gasteiger partial charge in [-0.15, -0.1) is 0 Å². The first kappa shape index (κ1) is 13.0. The van der Waals surface area contributed by atoms with Gasteiger partial charge in [0.05, 0.1) is 11.1 Å². The molecule has 0 saturated carbocycles. The van der Waals surface area contributed by atoms with Gasteiger partial charge < -0.3 is 10.6 Å². The van der Waals surface area contributed by atoms with Crippen LogP contribution in [-0.2, 0) is 4.79 Å². The van der Waals surface area contributed by atoms with Crippen molar-refractivity contribution in [2.45, 2.75) is 19.8 Å². The third kappa shape index (κ3) is 2.22. The van der Waals surface area contributed by atoms with Crippen LogP contribution in [0.3, 0.4) is 0 Å². The summed E-state index contributed by atoms with van der Waals surface area (Å²) in [7, 11) is 0. The van der Waals surface area contributed by atoms with Gasteiger partial charge in [-0.25, -0.2) is 8.78 Å². The molecule has 1 aliphatic rings. The highest BCUT2D eigenvalue weighted by atomic mass is 19.2. The number of nitrogens with one attached hydrogen (secondary N) is 2. The Morgan fingerprint density at radius 2 is 2.28 bits per heavy atom. The molecule has 3 nitrogen and oxygen atoms in total. The Kier molecular flexibility index (Phi) is 3.61. The predicted octanol–water partition coefficient (Wildman–Crippen LogP) is 2.29. The normalized spacial score (nSPS) is 23.1. The number of carbonyl (C=O) groups is 1. The standard InChI is InChI=1S/C13H16F2N2O/c1-2-13(6-7-16-8-13)12(18)17-10-5-3-4-9(14)11(10)15/h3-5,16H,2,6-8H2,1H3,(H,17,18). The lowest BCUT2D eigenvalue weighted by atomic mass is 9.83. The molecule has 0 aromatic heterocycles. The lowest BCUT2D eigenvalue weighted by Gasteiger charge is -2.25. The fraction of sp³-hybridized carbons (Fsp3) is 0.462. The van der Waals surface area contributed by atoms with E-state index in [0.29, 0.717) is 19.4 Å². The maximum absolute atomic E-state index is 13.5. The van der Waals surface area contributed by atoms with Crippen LogP contribution < -0.4 is 10.6 Å². The molecule has 1 fully saturated rings. The van der Waals surface area contributed by atoms with E-state index in [9.17, 15) is 13.6 Å². The third-order valence-corrected chi connectivity index (χ3v) is 3.60. The molecule has 18 heavy (non-hydrogen) atoms. The Balaban J connectivity index is 2.18. The van der Waals surface area contributed by atoms with Gasteiger partial charge in [0, 0.05) is 6.54 Å². The smallest absolute Gasteiger partial charge is 0.231 e. The van der Waals surface area contributed by atoms with E-state index in [1.54, 1.807) is 0 Å². The molecule has 1 heterocycles. The van der Waals surface area contributed by atoms with Crippen molar-refractivity contribution in [2.75, 3.05) is 18.4 Å². The summed E-state index contributed by atoms with van der Waals surface area (Å²) in [5.74, 6) is -2.22. The number of anilines is 1. The highest BCUT2D eigenvalue weighted by molar-refractivity contribution is 5.95. The average Bonchev–Trinajstić information content (AvgIpc) is 2.85. The maximum Gasteiger partial charge on any atom is 0.231 e. The number of rotatable bonds is 3. The Bertz CT molecular complexity index is 456. The molecule has 1 aliphatic heterocycles. The summed E-state index contributed by atoms with van der Waals surface area (Å²) in [4.78, 5) is 12.2. The zero-order valence-corrected chi connectivity index (χ0v) is 10.2. The van der Waals surface area contributed by atoms with E-state index in [4.69, 9.17) is 0 Å². The van der Waals surface area contributed by atoms with Crippen molar-refractivity contribution in [1.82, 2.24) is 5.32 Å². The minimum absolute atomic E-state index is 0.0975. The highest BCUT2D eigenvalue weighted by Crippen LogP contribution is 2.31. The van der Waals surface area contributed by atoms with Crippen LogP contribution in [0.2, 0.25) is 0 Å². The Morgan fingerprint density at radius 1 is 1.50 bits per heavy atom. The zero-order chi connectivity index (χ0) is 13.2. The molecule has 0 bridgehead atoms. The Labute approximate surface area is 105 Å². The Hall–Kier alpha value is -1.49. The molecule has 2 rings (SSSR count). The number of halogens is 2. The molecule has 1 aromatic carbocycles. The summed E-state index contributed by atoms with van der Waals surface area (Å²) in [6, 6.07) is 3.76. The van der Waals surface area contributed by atoms with Gasteiger partial charge in [-0.1, -0.05) is 13.0 Å². The van der Waals surface area contributed by atoms with Crippen molar-refractivity contribution < 1.29 is 13.6 Å². The summed E-state index contributed by atoms with van der Waals surface area (Å²) in [6.45, 7) is 3.27. The van der Waals surface area contributed by atoms with Gasteiger partial charge in [0.2, 0.25) is 5.91 Å². The first-order valence-electron chi connectivity index (χ1n) is 6.05. The average molecular weight is 254 g/mol. The molecular weight excluding hydrogens is 238 g/mol. The molecule has 0 spiro atoms. The van der Waals surface area contributed by atoms with Gasteiger partial charge in [0.15, 0.2) is 11.6 Å². The van der Waals surface area contributed by atoms with Crippen LogP contribution in [0.4, 0.5) is 14.5 Å². The van der Waals surface area contributed by atoms with Crippen molar-refractivity contribution in [3.63, 3.8) is 0 Å². The lowest BCUT2D eigenvalue weighted by Crippen LogP contribution is -2.37. The molecule has 2 N–H and O–H groups in total. The zero-order valence-electron chi connectivity index (χ0n) is 10.2. The van der Waals surface area contributed by atoms with Crippen molar-refractivity contribution in [1.29, 1.82) is 0 Å². The largest absolute Gasteiger partial charge is 0.323 e. The molecular formula is C13H16F2N2O. The molecule has 5 heteroatoms. The van der Waals surface area contributed by atoms with E-state index in [1.807, 2.05) is 6.92 Å². The quantitative estimate of drug-likeness (QED) is 0.869. The van der Waals surface area contributed by atoms with Crippen LogP contribution in [0.1, 0.15) is 19.8 Å². The van der Waals surface area contributed by atoms with E-state index in [1.165, 1.54) is 12.1 Å². The molecule has 1 unspecified atom stereocenters. The fourth-order valence-electron chi connectivity index (χ4n) is 2.26. The molecule has 0 aliphatic carbocycles. The number of hydrogen-bond donors (Lipinski definition) is 2. The van der Waals surface area contributed by atoms with Crippen molar-refractivity contribution in [3.8, 4) is 0 Å². The molecule has 0 radical (unpaired) electrons. The van der Waals surface area contributed by atoms with E-state index >= 15 is 0 Å². The monoisotopic (exact) mass is 254 g/mol. The van der Waals surface area contributed by atoms with E-state index in [0.717, 1.165) is 12.6 Å². The predicted molar refractivity (Wildman–Crippen MR) is 65.2 cm³/mol. The van der Waals surface area contributed by atoms with Gasteiger partial charge >= 0.3 is 0 Å². The number of benzene rings is 1. The molecule has 1 atom stereocenters. The maximum atomic E-state index is 13.5. The van der Waals surface area contributed by atoms with Crippen molar-refractivity contribution >= 4 is 11.6 Å². The van der Waals surface area contributed by atoms with Gasteiger partial charge in [-0.05, 0) is 31.5 Å². The van der Waals surface area contributed by atoms with Crippen LogP contribution in [0.15, 0.2) is 18.2 Å². The summed E-state index contributed by atoms with van der Waals surface area (Å²) in [6.07, 6.45) is 1.38. The second-order valence-electron chi connectivity index (χ2n) is 4.62. The minimum atomic E-state index is -1.01. The first-order valence-corrected chi connectivity index (χ1v) is 6.05. The summed E-state index contributed by atoms with van der Waals surface area (Å²) in [5, 5.41) is 5.62. The summed E-state index contributed by atoms with van der Waals surface area (Å²) in [5.41, 5.74) is -0.613. The highest BCUT2D eigenvalue weighted by Gasteiger charge is 2.39. The van der Waals surface area contributed by atoms with E-state index in [-0.39, 0.29) is 11.6 Å². The second-order valence-corrected chi connectivity index (χ2v) is 4.62. The van der Waals surface area contributed by atoms with Gasteiger partial charge in [-0.2, -0.15) is 0 Å². The van der Waals surface area contributed by atoms with Crippen molar-refractivity contribution in [3.05, 3.63) is 29.8 Å². The van der Waals surface area contributed by atoms with Gasteiger partial charge in [-0.3, -0.25) is 4.79 Å². The topological polar surface area (TPSA) is 41.1 Å². The summed E-state index contributed by atoms with van der Waals surface area (Å²) < 4.78 is 26.5. The number of carbonyl (C=O) groups excluding carboxylic acids is 1. The van der Waals surface area contributed by atoms with Crippen LogP contribution >= 0.6 is 0 Å². The summed E-state index contributed by atoms with van der Waals surface area (Å²) >= 11 is 0. The minimum Gasteiger partial charge on any atom is -0.323 e. The van der Waals surface area contributed by atoms with Crippen LogP contribution in [0.5, 0.6) is 0 Å². The van der Waals surface area contributed by atoms with Crippen LogP contribution in [0, 0.1) is 17.0 Å². The number of amides is 1. The molecule has 98 valence electrons. The van der Waals surface area contributed by atoms with Crippen molar-refractivity contribution in [2.24, 2.45) is 5.41 Å². The first-order chi connectivity index (χ1) is 8.59. The van der Waals surface area contributed by atoms with Crippen LogP contribution in [-0.4, -0.2) is 19.0 Å². The van der Waals surface area contributed by atoms with Crippen LogP contribution in [0.25, 0.3) is 0 Å². The number of hydrogen-bond acceptors (Lipinski definition) is 2. The third-order valence-electron chi connectivity index (χ3n) is 3.60. The van der Waals surface area contributed by atoms with E-state index in [2.05, 4.69) is 10.6 Å². The molecule has 1 amide bonds. The van der Waals surface area contributed by atoms with Gasteiger partial charge in [0.1, 0.15) is 0 Å². The van der Waals surface area contributed by atoms with E-state index < -0.39 is 17.0 Å². The fourth-order valence-corrected chi connectivity index (χ4v) is 2.26. The molecule has 1 saturated heterocycles. The molecule has 1 aromatic rings.